The van der Waals surface area contributed by atoms with E-state index in [2.05, 4.69) is 32.2 Å². The summed E-state index contributed by atoms with van der Waals surface area (Å²) in [5.41, 5.74) is 1.08. The first-order chi connectivity index (χ1) is 9.83. The molecular weight excluding hydrogens is 250 g/mol. The van der Waals surface area contributed by atoms with Crippen LogP contribution in [0.15, 0.2) is 36.7 Å². The van der Waals surface area contributed by atoms with Crippen LogP contribution in [-0.4, -0.2) is 33.4 Å². The largest absolute Gasteiger partial charge is 0.309 e. The quantitative estimate of drug-likeness (QED) is 0.928. The van der Waals surface area contributed by atoms with Crippen molar-refractivity contribution >= 4 is 11.8 Å². The molecule has 5 nitrogen and oxygen atoms in total. The standard InChI is InChI=1S/C15H19N5/c1-20-11-5-3-6-13(20)12-8-10-17-15(18-12)19-14-7-2-4-9-16-14/h2,4,7-10,13H,3,5-6,11H2,1H3,(H,16,17,18,19)/t13-/m1/s1. The Hall–Kier alpha value is -2.01. The monoisotopic (exact) mass is 269 g/mol. The number of nitrogens with zero attached hydrogens (tertiary/aromatic N) is 4. The van der Waals surface area contributed by atoms with Gasteiger partial charge in [0.2, 0.25) is 5.95 Å². The lowest BCUT2D eigenvalue weighted by molar-refractivity contribution is 0.183. The van der Waals surface area contributed by atoms with Crippen LogP contribution >= 0.6 is 0 Å². The molecule has 3 rings (SSSR count). The molecule has 1 aliphatic heterocycles. The van der Waals surface area contributed by atoms with Crippen molar-refractivity contribution in [3.63, 3.8) is 0 Å². The van der Waals surface area contributed by atoms with Crippen LogP contribution in [0.3, 0.4) is 0 Å². The molecule has 104 valence electrons. The molecule has 1 aliphatic rings. The van der Waals surface area contributed by atoms with Crippen LogP contribution in [0.1, 0.15) is 31.0 Å². The zero-order valence-corrected chi connectivity index (χ0v) is 11.7. The Kier molecular flexibility index (Phi) is 3.87. The van der Waals surface area contributed by atoms with E-state index in [0.717, 1.165) is 24.5 Å². The van der Waals surface area contributed by atoms with E-state index < -0.39 is 0 Å². The lowest BCUT2D eigenvalue weighted by Gasteiger charge is -2.31. The van der Waals surface area contributed by atoms with Crippen molar-refractivity contribution in [1.82, 2.24) is 19.9 Å². The predicted molar refractivity (Wildman–Crippen MR) is 78.8 cm³/mol. The van der Waals surface area contributed by atoms with Crippen molar-refractivity contribution in [3.05, 3.63) is 42.4 Å². The fourth-order valence-corrected chi connectivity index (χ4v) is 2.62. The SMILES string of the molecule is CN1CCCC[C@@H]1c1ccnc(Nc2ccccn2)n1. The summed E-state index contributed by atoms with van der Waals surface area (Å²) in [6, 6.07) is 8.14. The van der Waals surface area contributed by atoms with Gasteiger partial charge in [-0.15, -0.1) is 0 Å². The summed E-state index contributed by atoms with van der Waals surface area (Å²) in [7, 11) is 2.16. The van der Waals surface area contributed by atoms with Crippen LogP contribution in [0, 0.1) is 0 Å². The van der Waals surface area contributed by atoms with E-state index in [4.69, 9.17) is 0 Å². The van der Waals surface area contributed by atoms with Gasteiger partial charge in [-0.1, -0.05) is 12.5 Å². The molecule has 0 aromatic carbocycles. The van der Waals surface area contributed by atoms with E-state index in [0.29, 0.717) is 12.0 Å². The molecule has 0 bridgehead atoms. The molecule has 3 heterocycles. The van der Waals surface area contributed by atoms with Crippen LogP contribution in [-0.2, 0) is 0 Å². The molecule has 0 spiro atoms. The number of piperidine rings is 1. The number of pyridine rings is 1. The van der Waals surface area contributed by atoms with E-state index in [1.165, 1.54) is 12.8 Å². The second-order valence-corrected chi connectivity index (χ2v) is 5.14. The molecule has 0 saturated carbocycles. The van der Waals surface area contributed by atoms with Gasteiger partial charge in [-0.25, -0.2) is 15.0 Å². The minimum atomic E-state index is 0.399. The third kappa shape index (κ3) is 2.93. The molecule has 1 N–H and O–H groups in total. The first-order valence-electron chi connectivity index (χ1n) is 7.04. The molecule has 0 radical (unpaired) electrons. The average molecular weight is 269 g/mol. The van der Waals surface area contributed by atoms with Crippen LogP contribution in [0.5, 0.6) is 0 Å². The summed E-state index contributed by atoms with van der Waals surface area (Å²) < 4.78 is 0. The molecule has 5 heteroatoms. The van der Waals surface area contributed by atoms with Crippen molar-refractivity contribution in [1.29, 1.82) is 0 Å². The van der Waals surface area contributed by atoms with Gasteiger partial charge in [0.1, 0.15) is 5.82 Å². The molecule has 2 aromatic heterocycles. The summed E-state index contributed by atoms with van der Waals surface area (Å²) >= 11 is 0. The van der Waals surface area contributed by atoms with Gasteiger partial charge in [-0.2, -0.15) is 0 Å². The fraction of sp³-hybridized carbons (Fsp3) is 0.400. The lowest BCUT2D eigenvalue weighted by Crippen LogP contribution is -2.30. The second kappa shape index (κ2) is 5.96. The summed E-state index contributed by atoms with van der Waals surface area (Å²) in [6.45, 7) is 1.14. The highest BCUT2D eigenvalue weighted by Crippen LogP contribution is 2.28. The number of likely N-dealkylation sites (tertiary alicyclic amines) is 1. The van der Waals surface area contributed by atoms with Gasteiger partial charge < -0.3 is 5.32 Å². The van der Waals surface area contributed by atoms with Crippen molar-refractivity contribution in [3.8, 4) is 0 Å². The maximum absolute atomic E-state index is 4.64. The highest BCUT2D eigenvalue weighted by Gasteiger charge is 2.22. The van der Waals surface area contributed by atoms with Crippen molar-refractivity contribution in [2.75, 3.05) is 18.9 Å². The molecule has 1 fully saturated rings. The van der Waals surface area contributed by atoms with Gasteiger partial charge in [-0.3, -0.25) is 4.90 Å². The number of nitrogens with one attached hydrogen (secondary N) is 1. The number of hydrogen-bond donors (Lipinski definition) is 1. The smallest absolute Gasteiger partial charge is 0.228 e. The van der Waals surface area contributed by atoms with Crippen LogP contribution < -0.4 is 5.32 Å². The Morgan fingerprint density at radius 2 is 2.10 bits per heavy atom. The minimum absolute atomic E-state index is 0.399. The van der Waals surface area contributed by atoms with Crippen molar-refractivity contribution in [2.45, 2.75) is 25.3 Å². The molecule has 0 unspecified atom stereocenters. The van der Waals surface area contributed by atoms with Gasteiger partial charge in [0.05, 0.1) is 11.7 Å². The zero-order valence-electron chi connectivity index (χ0n) is 11.7. The molecular formula is C15H19N5. The Labute approximate surface area is 119 Å². The van der Waals surface area contributed by atoms with Crippen LogP contribution in [0.4, 0.5) is 11.8 Å². The number of hydrogen-bond acceptors (Lipinski definition) is 5. The molecule has 0 aliphatic carbocycles. The van der Waals surface area contributed by atoms with E-state index in [9.17, 15) is 0 Å². The number of aromatic nitrogens is 3. The molecule has 2 aromatic rings. The maximum Gasteiger partial charge on any atom is 0.228 e. The van der Waals surface area contributed by atoms with Crippen molar-refractivity contribution < 1.29 is 0 Å². The fourth-order valence-electron chi connectivity index (χ4n) is 2.62. The highest BCUT2D eigenvalue weighted by atomic mass is 15.2. The molecule has 1 saturated heterocycles. The van der Waals surface area contributed by atoms with Crippen LogP contribution in [0.25, 0.3) is 0 Å². The Balaban J connectivity index is 1.79. The number of anilines is 2. The Morgan fingerprint density at radius 3 is 2.90 bits per heavy atom. The first kappa shape index (κ1) is 13.0. The molecule has 0 amide bonds. The van der Waals surface area contributed by atoms with Gasteiger partial charge in [0, 0.05) is 12.4 Å². The average Bonchev–Trinajstić information content (AvgIpc) is 2.49. The van der Waals surface area contributed by atoms with E-state index in [1.807, 2.05) is 30.5 Å². The first-order valence-corrected chi connectivity index (χ1v) is 7.04. The van der Waals surface area contributed by atoms with E-state index in [1.54, 1.807) is 6.20 Å². The highest BCUT2D eigenvalue weighted by molar-refractivity contribution is 5.46. The second-order valence-electron chi connectivity index (χ2n) is 5.14. The minimum Gasteiger partial charge on any atom is -0.309 e. The summed E-state index contributed by atoms with van der Waals surface area (Å²) in [6.07, 6.45) is 7.27. The van der Waals surface area contributed by atoms with Crippen LogP contribution in [0.2, 0.25) is 0 Å². The third-order valence-corrected chi connectivity index (χ3v) is 3.69. The van der Waals surface area contributed by atoms with Gasteiger partial charge in [-0.05, 0) is 44.6 Å². The van der Waals surface area contributed by atoms with Gasteiger partial charge in [0.25, 0.3) is 0 Å². The topological polar surface area (TPSA) is 53.9 Å². The zero-order chi connectivity index (χ0) is 13.8. The number of rotatable bonds is 3. The normalized spacial score (nSPS) is 19.8. The van der Waals surface area contributed by atoms with E-state index in [-0.39, 0.29) is 0 Å². The lowest BCUT2D eigenvalue weighted by atomic mass is 10.00. The van der Waals surface area contributed by atoms with Crippen molar-refractivity contribution in [2.24, 2.45) is 0 Å². The third-order valence-electron chi connectivity index (χ3n) is 3.69. The predicted octanol–water partition coefficient (Wildman–Crippen LogP) is 2.77. The summed E-state index contributed by atoms with van der Waals surface area (Å²) in [5, 5.41) is 3.15. The Morgan fingerprint density at radius 1 is 1.15 bits per heavy atom. The maximum atomic E-state index is 4.64. The molecule has 20 heavy (non-hydrogen) atoms. The Bertz CT molecular complexity index is 557. The van der Waals surface area contributed by atoms with E-state index >= 15 is 0 Å². The van der Waals surface area contributed by atoms with Gasteiger partial charge >= 0.3 is 0 Å². The summed E-state index contributed by atoms with van der Waals surface area (Å²) in [4.78, 5) is 15.5. The molecule has 1 atom stereocenters. The summed E-state index contributed by atoms with van der Waals surface area (Å²) in [5.74, 6) is 1.38. The van der Waals surface area contributed by atoms with Gasteiger partial charge in [0.15, 0.2) is 0 Å².